The van der Waals surface area contributed by atoms with Crippen LogP contribution in [0.1, 0.15) is 15.9 Å². The molecule has 0 saturated carbocycles. The number of carboxylic acids is 1. The molecule has 1 N–H and O–H groups in total. The van der Waals surface area contributed by atoms with Crippen LogP contribution >= 0.6 is 11.8 Å². The van der Waals surface area contributed by atoms with Crippen molar-refractivity contribution < 1.29 is 32.6 Å². The van der Waals surface area contributed by atoms with Crippen LogP contribution in [0.2, 0.25) is 0 Å². The molecule has 0 unspecified atom stereocenters. The van der Waals surface area contributed by atoms with Gasteiger partial charge in [-0.15, -0.1) is 13.2 Å². The second kappa shape index (κ2) is 8.02. The third kappa shape index (κ3) is 6.11. The minimum Gasteiger partial charge on any atom is -0.478 e. The van der Waals surface area contributed by atoms with Crippen molar-refractivity contribution in [3.8, 4) is 5.75 Å². The fourth-order valence-corrected chi connectivity index (χ4v) is 2.79. The Morgan fingerprint density at radius 3 is 2.64 bits per heavy atom. The zero-order valence-electron chi connectivity index (χ0n) is 12.6. The standard InChI is InChI=1S/C16H12F3NO4S/c17-16(18,19)24-12-4-1-3-10(8-12)7-11(21)9-25-14-13(15(22)23)5-2-6-20-14/h1-6,8H,7,9H2,(H,22,23). The Bertz CT molecular complexity index is 780. The number of pyridine rings is 1. The lowest BCUT2D eigenvalue weighted by Crippen LogP contribution is -2.17. The quantitative estimate of drug-likeness (QED) is 0.750. The highest BCUT2D eigenvalue weighted by Crippen LogP contribution is 2.24. The molecule has 0 atom stereocenters. The second-order valence-electron chi connectivity index (χ2n) is 4.86. The summed E-state index contributed by atoms with van der Waals surface area (Å²) in [5.41, 5.74) is 0.354. The van der Waals surface area contributed by atoms with Gasteiger partial charge in [-0.3, -0.25) is 4.79 Å². The van der Waals surface area contributed by atoms with Gasteiger partial charge in [-0.1, -0.05) is 23.9 Å². The molecule has 0 fully saturated rings. The first kappa shape index (κ1) is 18.8. The highest BCUT2D eigenvalue weighted by molar-refractivity contribution is 8.00. The molecule has 2 aromatic rings. The van der Waals surface area contributed by atoms with Crippen LogP contribution in [-0.4, -0.2) is 34.0 Å². The smallest absolute Gasteiger partial charge is 0.478 e. The minimum atomic E-state index is -4.80. The van der Waals surface area contributed by atoms with Gasteiger partial charge < -0.3 is 9.84 Å². The van der Waals surface area contributed by atoms with Crippen molar-refractivity contribution in [1.29, 1.82) is 0 Å². The van der Waals surface area contributed by atoms with E-state index in [0.717, 1.165) is 23.9 Å². The van der Waals surface area contributed by atoms with Gasteiger partial charge in [0.05, 0.1) is 11.3 Å². The van der Waals surface area contributed by atoms with Gasteiger partial charge in [0.25, 0.3) is 0 Å². The average molecular weight is 371 g/mol. The van der Waals surface area contributed by atoms with Crippen LogP contribution in [0.4, 0.5) is 13.2 Å². The normalized spacial score (nSPS) is 11.2. The van der Waals surface area contributed by atoms with Gasteiger partial charge in [0.2, 0.25) is 0 Å². The number of hydrogen-bond donors (Lipinski definition) is 1. The van der Waals surface area contributed by atoms with Crippen LogP contribution in [0.5, 0.6) is 5.75 Å². The number of hydrogen-bond acceptors (Lipinski definition) is 5. The monoisotopic (exact) mass is 371 g/mol. The molecule has 2 rings (SSSR count). The Balaban J connectivity index is 1.97. The number of thioether (sulfide) groups is 1. The van der Waals surface area contributed by atoms with Crippen LogP contribution < -0.4 is 4.74 Å². The van der Waals surface area contributed by atoms with E-state index in [9.17, 15) is 22.8 Å². The van der Waals surface area contributed by atoms with Gasteiger partial charge in [-0.2, -0.15) is 0 Å². The van der Waals surface area contributed by atoms with Crippen molar-refractivity contribution in [2.24, 2.45) is 0 Å². The van der Waals surface area contributed by atoms with Gasteiger partial charge in [-0.25, -0.2) is 9.78 Å². The molecule has 132 valence electrons. The molecule has 0 aliphatic rings. The highest BCUT2D eigenvalue weighted by atomic mass is 32.2. The summed E-state index contributed by atoms with van der Waals surface area (Å²) in [6, 6.07) is 8.00. The maximum Gasteiger partial charge on any atom is 0.573 e. The number of aromatic nitrogens is 1. The number of carbonyl (C=O) groups is 2. The predicted octanol–water partition coefficient (Wildman–Crippen LogP) is 3.58. The molecule has 0 saturated heterocycles. The largest absolute Gasteiger partial charge is 0.573 e. The zero-order chi connectivity index (χ0) is 18.4. The summed E-state index contributed by atoms with van der Waals surface area (Å²) in [6.07, 6.45) is -3.49. The van der Waals surface area contributed by atoms with Crippen molar-refractivity contribution >= 4 is 23.5 Å². The molecular formula is C16H12F3NO4S. The average Bonchev–Trinajstić information content (AvgIpc) is 2.52. The second-order valence-corrected chi connectivity index (χ2v) is 5.82. The van der Waals surface area contributed by atoms with Crippen LogP contribution in [0.15, 0.2) is 47.6 Å². The van der Waals surface area contributed by atoms with Crippen LogP contribution in [-0.2, 0) is 11.2 Å². The first-order chi connectivity index (χ1) is 11.7. The fraction of sp³-hybridized carbons (Fsp3) is 0.188. The molecule has 0 aliphatic heterocycles. The Kier molecular flexibility index (Phi) is 6.02. The Hall–Kier alpha value is -2.55. The van der Waals surface area contributed by atoms with Crippen molar-refractivity contribution in [3.05, 3.63) is 53.7 Å². The number of ether oxygens (including phenoxy) is 1. The van der Waals surface area contributed by atoms with E-state index in [1.165, 1.54) is 30.5 Å². The number of aromatic carboxylic acids is 1. The van der Waals surface area contributed by atoms with E-state index >= 15 is 0 Å². The number of carboxylic acid groups (broad SMARTS) is 1. The van der Waals surface area contributed by atoms with Crippen LogP contribution in [0.25, 0.3) is 0 Å². The summed E-state index contributed by atoms with van der Waals surface area (Å²) >= 11 is 0.964. The predicted molar refractivity (Wildman–Crippen MR) is 83.8 cm³/mol. The molecule has 25 heavy (non-hydrogen) atoms. The lowest BCUT2D eigenvalue weighted by molar-refractivity contribution is -0.274. The number of alkyl halides is 3. The molecule has 1 aromatic heterocycles. The summed E-state index contributed by atoms with van der Waals surface area (Å²) < 4.78 is 40.4. The summed E-state index contributed by atoms with van der Waals surface area (Å²) in [4.78, 5) is 27.0. The third-order valence-corrected chi connectivity index (χ3v) is 3.97. The Labute approximate surface area is 144 Å². The van der Waals surface area contributed by atoms with E-state index in [2.05, 4.69) is 9.72 Å². The molecule has 5 nitrogen and oxygen atoms in total. The maximum atomic E-state index is 12.2. The van der Waals surface area contributed by atoms with E-state index in [0.29, 0.717) is 5.56 Å². The topological polar surface area (TPSA) is 76.5 Å². The number of nitrogens with zero attached hydrogens (tertiary/aromatic N) is 1. The molecule has 0 amide bonds. The first-order valence-electron chi connectivity index (χ1n) is 6.92. The molecule has 0 spiro atoms. The van der Waals surface area contributed by atoms with Gasteiger partial charge >= 0.3 is 12.3 Å². The molecular weight excluding hydrogens is 359 g/mol. The molecule has 1 heterocycles. The van der Waals surface area contributed by atoms with Gasteiger partial charge in [-0.05, 0) is 29.8 Å². The van der Waals surface area contributed by atoms with Crippen molar-refractivity contribution in [1.82, 2.24) is 4.98 Å². The van der Waals surface area contributed by atoms with Gasteiger partial charge in [0.15, 0.2) is 0 Å². The van der Waals surface area contributed by atoms with E-state index in [4.69, 9.17) is 5.11 Å². The van der Waals surface area contributed by atoms with Crippen molar-refractivity contribution in [3.63, 3.8) is 0 Å². The van der Waals surface area contributed by atoms with Crippen LogP contribution in [0.3, 0.4) is 0 Å². The number of carbonyl (C=O) groups excluding carboxylic acids is 1. The van der Waals surface area contributed by atoms with Crippen molar-refractivity contribution in [2.75, 3.05) is 5.75 Å². The Morgan fingerprint density at radius 1 is 1.20 bits per heavy atom. The lowest BCUT2D eigenvalue weighted by atomic mass is 10.1. The summed E-state index contributed by atoms with van der Waals surface area (Å²) in [5.74, 6) is -1.89. The summed E-state index contributed by atoms with van der Waals surface area (Å²) in [5, 5.41) is 9.25. The zero-order valence-corrected chi connectivity index (χ0v) is 13.4. The molecule has 9 heteroatoms. The maximum absolute atomic E-state index is 12.2. The van der Waals surface area contributed by atoms with Gasteiger partial charge in [0.1, 0.15) is 16.6 Å². The number of halogens is 3. The number of ketones is 1. The van der Waals surface area contributed by atoms with E-state index in [1.807, 2.05) is 0 Å². The molecule has 0 bridgehead atoms. The number of rotatable bonds is 7. The number of Topliss-reactive ketones (excluding diaryl/α,β-unsaturated/α-hetero) is 1. The minimum absolute atomic E-state index is 0.0131. The highest BCUT2D eigenvalue weighted by Gasteiger charge is 2.31. The Morgan fingerprint density at radius 2 is 1.96 bits per heavy atom. The molecule has 1 aromatic carbocycles. The summed E-state index contributed by atoms with van der Waals surface area (Å²) in [7, 11) is 0. The third-order valence-electron chi connectivity index (χ3n) is 2.90. The lowest BCUT2D eigenvalue weighted by Gasteiger charge is -2.10. The van der Waals surface area contributed by atoms with Gasteiger partial charge in [0, 0.05) is 12.6 Å². The van der Waals surface area contributed by atoms with Crippen LogP contribution in [0, 0.1) is 0 Å². The summed E-state index contributed by atoms with van der Waals surface area (Å²) in [6.45, 7) is 0. The van der Waals surface area contributed by atoms with E-state index < -0.39 is 18.1 Å². The number of benzene rings is 1. The molecule has 0 aliphatic carbocycles. The van der Waals surface area contributed by atoms with E-state index in [-0.39, 0.29) is 28.5 Å². The van der Waals surface area contributed by atoms with E-state index in [1.54, 1.807) is 0 Å². The fourth-order valence-electron chi connectivity index (χ4n) is 1.95. The molecule has 0 radical (unpaired) electrons. The SMILES string of the molecule is O=C(CSc1ncccc1C(=O)O)Cc1cccc(OC(F)(F)F)c1. The van der Waals surface area contributed by atoms with Crippen molar-refractivity contribution in [2.45, 2.75) is 17.8 Å². The first-order valence-corrected chi connectivity index (χ1v) is 7.90.